The first-order valence-electron chi connectivity index (χ1n) is 9.02. The zero-order chi connectivity index (χ0) is 32.1. The summed E-state index contributed by atoms with van der Waals surface area (Å²) in [6.07, 6.45) is -40.8. The van der Waals surface area contributed by atoms with Crippen LogP contribution in [0.5, 0.6) is 0 Å². The van der Waals surface area contributed by atoms with Gasteiger partial charge in [0.1, 0.15) is 0 Å². The number of halogens is 22. The summed E-state index contributed by atoms with van der Waals surface area (Å²) in [5.74, 6) is -28.8. The molecule has 236 valence electrons. The topological polar surface area (TPSA) is 29.5 Å². The van der Waals surface area contributed by atoms with Crippen molar-refractivity contribution in [3.05, 3.63) is 0 Å². The molecule has 0 heterocycles. The number of aliphatic hydroxyl groups is 1. The molecule has 0 aliphatic rings. The first-order chi connectivity index (χ1) is 16.6. The minimum Gasteiger partial charge on any atom is -0.390 e. The van der Waals surface area contributed by atoms with Gasteiger partial charge in [0.15, 0.2) is 0 Å². The molecule has 0 bridgehead atoms. The Morgan fingerprint density at radius 3 is 1.03 bits per heavy atom. The van der Waals surface area contributed by atoms with E-state index in [0.717, 1.165) is 0 Å². The van der Waals surface area contributed by atoms with Crippen LogP contribution in [-0.2, 0) is 4.74 Å². The molecule has 0 fully saturated rings. The zero-order valence-corrected chi connectivity index (χ0v) is 17.6. The normalized spacial score (nSPS) is 17.0. The Bertz CT molecular complexity index is 789. The van der Waals surface area contributed by atoms with Gasteiger partial charge in [0.05, 0.1) is 19.3 Å². The Kier molecular flexibility index (Phi) is 9.91. The molecule has 0 aliphatic heterocycles. The summed E-state index contributed by atoms with van der Waals surface area (Å²) in [6, 6.07) is 0. The maximum atomic E-state index is 13.5. The molecule has 0 saturated carbocycles. The monoisotopic (exact) mass is 640 g/mol. The maximum absolute atomic E-state index is 13.5. The van der Waals surface area contributed by atoms with Crippen molar-refractivity contribution >= 4 is 0 Å². The van der Waals surface area contributed by atoms with Crippen molar-refractivity contribution in [3.63, 3.8) is 0 Å². The molecule has 0 rings (SSSR count). The molecule has 0 spiro atoms. The first-order valence-corrected chi connectivity index (χ1v) is 9.02. The van der Waals surface area contributed by atoms with Gasteiger partial charge in [0, 0.05) is 12.8 Å². The van der Waals surface area contributed by atoms with Gasteiger partial charge in [-0.05, 0) is 0 Å². The Balaban J connectivity index is 5.66. The van der Waals surface area contributed by atoms with Crippen molar-refractivity contribution < 1.29 is 106 Å². The van der Waals surface area contributed by atoms with Crippen LogP contribution in [0.2, 0.25) is 0 Å². The Labute approximate surface area is 199 Å². The van der Waals surface area contributed by atoms with Gasteiger partial charge in [0.2, 0.25) is 0 Å². The highest BCUT2D eigenvalue weighted by Crippen LogP contribution is 2.61. The predicted molar refractivity (Wildman–Crippen MR) is 77.7 cm³/mol. The molecule has 0 radical (unpaired) electrons. The minimum absolute atomic E-state index is 2.22. The summed E-state index contributed by atoms with van der Waals surface area (Å²) in [4.78, 5) is 0. The Hall–Kier alpha value is -1.62. The standard InChI is InChI=1S/C15H10F22O2/c16-6(17,10(22,23)8(20,12(26,27)28)13(29,30)31)1-2-39-4-5(38)3-7(18,19)11(24,25)9(21,14(32,33)34)15(35,36)37/h5,38H,1-4H2. The lowest BCUT2D eigenvalue weighted by Gasteiger charge is -2.40. The third-order valence-corrected chi connectivity index (χ3v) is 4.71. The van der Waals surface area contributed by atoms with Gasteiger partial charge >= 0.3 is 59.7 Å². The van der Waals surface area contributed by atoms with Crippen molar-refractivity contribution in [2.75, 3.05) is 13.2 Å². The molecule has 0 aromatic heterocycles. The van der Waals surface area contributed by atoms with Crippen LogP contribution in [0.3, 0.4) is 0 Å². The fraction of sp³-hybridized carbons (Fsp3) is 1.00. The molecule has 1 atom stereocenters. The van der Waals surface area contributed by atoms with Gasteiger partial charge in [-0.3, -0.25) is 0 Å². The van der Waals surface area contributed by atoms with Crippen LogP contribution < -0.4 is 0 Å². The second kappa shape index (κ2) is 10.3. The molecule has 24 heteroatoms. The van der Waals surface area contributed by atoms with E-state index >= 15 is 0 Å². The van der Waals surface area contributed by atoms with E-state index in [2.05, 4.69) is 4.74 Å². The van der Waals surface area contributed by atoms with Crippen molar-refractivity contribution in [1.29, 1.82) is 0 Å². The highest BCUT2D eigenvalue weighted by molar-refractivity contribution is 5.12. The van der Waals surface area contributed by atoms with E-state index < -0.39 is 91.9 Å². The summed E-state index contributed by atoms with van der Waals surface area (Å²) < 4.78 is 286. The maximum Gasteiger partial charge on any atom is 0.438 e. The number of hydrogen-bond donors (Lipinski definition) is 1. The molecular formula is C15H10F22O2. The number of ether oxygens (including phenoxy) is 1. The quantitative estimate of drug-likeness (QED) is 0.189. The molecule has 39 heavy (non-hydrogen) atoms. The summed E-state index contributed by atoms with van der Waals surface area (Å²) in [6.45, 7) is -4.55. The van der Waals surface area contributed by atoms with Crippen LogP contribution in [-0.4, -0.2) is 84.2 Å². The van der Waals surface area contributed by atoms with Crippen molar-refractivity contribution in [2.24, 2.45) is 0 Å². The highest BCUT2D eigenvalue weighted by Gasteiger charge is 2.91. The van der Waals surface area contributed by atoms with Gasteiger partial charge in [-0.2, -0.15) is 87.8 Å². The lowest BCUT2D eigenvalue weighted by atomic mass is 9.88. The van der Waals surface area contributed by atoms with E-state index in [0.29, 0.717) is 0 Å². The lowest BCUT2D eigenvalue weighted by Crippen LogP contribution is -2.70. The fourth-order valence-electron chi connectivity index (χ4n) is 2.60. The molecule has 1 N–H and O–H groups in total. The first kappa shape index (κ1) is 37.4. The molecule has 0 saturated heterocycles. The SMILES string of the molecule is OC(COCCC(F)(F)C(F)(F)C(F)(C(F)(F)F)C(F)(F)F)CC(F)(F)C(F)(F)C(F)(C(F)(F)F)C(F)(F)F. The third kappa shape index (κ3) is 6.19. The summed E-state index contributed by atoms with van der Waals surface area (Å²) >= 11 is 0. The average Bonchev–Trinajstić information content (AvgIpc) is 2.65. The van der Waals surface area contributed by atoms with Crippen LogP contribution in [0, 0.1) is 0 Å². The minimum atomic E-state index is -7.94. The van der Waals surface area contributed by atoms with E-state index in [1.807, 2.05) is 0 Å². The number of rotatable bonds is 11. The fourth-order valence-corrected chi connectivity index (χ4v) is 2.60. The van der Waals surface area contributed by atoms with Crippen LogP contribution in [0.4, 0.5) is 96.6 Å². The lowest BCUT2D eigenvalue weighted by molar-refractivity contribution is -0.428. The van der Waals surface area contributed by atoms with Crippen molar-refractivity contribution in [1.82, 2.24) is 0 Å². The van der Waals surface area contributed by atoms with Crippen LogP contribution >= 0.6 is 0 Å². The Morgan fingerprint density at radius 2 is 0.744 bits per heavy atom. The molecule has 2 nitrogen and oxygen atoms in total. The zero-order valence-electron chi connectivity index (χ0n) is 17.6. The van der Waals surface area contributed by atoms with Crippen molar-refractivity contribution in [3.8, 4) is 0 Å². The average molecular weight is 640 g/mol. The molecule has 0 aromatic rings. The molecule has 1 unspecified atom stereocenters. The predicted octanol–water partition coefficient (Wildman–Crippen LogP) is 7.35. The van der Waals surface area contributed by atoms with Crippen LogP contribution in [0.15, 0.2) is 0 Å². The smallest absolute Gasteiger partial charge is 0.390 e. The Morgan fingerprint density at radius 1 is 0.462 bits per heavy atom. The largest absolute Gasteiger partial charge is 0.438 e. The van der Waals surface area contributed by atoms with E-state index in [1.54, 1.807) is 0 Å². The second-order valence-electron chi connectivity index (χ2n) is 7.55. The molecule has 0 amide bonds. The van der Waals surface area contributed by atoms with Crippen molar-refractivity contribution in [2.45, 2.75) is 78.7 Å². The number of alkyl halides is 22. The second-order valence-corrected chi connectivity index (χ2v) is 7.55. The van der Waals surface area contributed by atoms with E-state index in [9.17, 15) is 96.6 Å². The van der Waals surface area contributed by atoms with Gasteiger partial charge in [-0.25, -0.2) is 8.78 Å². The summed E-state index contributed by atoms with van der Waals surface area (Å²) in [7, 11) is 0. The summed E-state index contributed by atoms with van der Waals surface area (Å²) in [5.41, 5.74) is -15.8. The summed E-state index contributed by atoms with van der Waals surface area (Å²) in [5, 5.41) is 9.03. The number of hydrogen-bond acceptors (Lipinski definition) is 2. The van der Waals surface area contributed by atoms with Crippen LogP contribution in [0.25, 0.3) is 0 Å². The van der Waals surface area contributed by atoms with Crippen LogP contribution in [0.1, 0.15) is 12.8 Å². The number of aliphatic hydroxyl groups excluding tert-OH is 1. The molecular weight excluding hydrogens is 630 g/mol. The molecule has 0 aliphatic carbocycles. The van der Waals surface area contributed by atoms with E-state index in [4.69, 9.17) is 5.11 Å². The van der Waals surface area contributed by atoms with Gasteiger partial charge in [0.25, 0.3) is 0 Å². The van der Waals surface area contributed by atoms with E-state index in [-0.39, 0.29) is 0 Å². The molecule has 0 aromatic carbocycles. The van der Waals surface area contributed by atoms with Gasteiger partial charge < -0.3 is 9.84 Å². The third-order valence-electron chi connectivity index (χ3n) is 4.71. The van der Waals surface area contributed by atoms with E-state index in [1.165, 1.54) is 0 Å². The van der Waals surface area contributed by atoms with Gasteiger partial charge in [-0.1, -0.05) is 0 Å². The van der Waals surface area contributed by atoms with Gasteiger partial charge in [-0.15, -0.1) is 0 Å². The highest BCUT2D eigenvalue weighted by atomic mass is 19.4.